The molecule has 0 N–H and O–H groups in total. The molecule has 5 rings (SSSR count). The minimum Gasteiger partial charge on any atom is -0.454 e. The van der Waals surface area contributed by atoms with Gasteiger partial charge in [0.2, 0.25) is 16.8 Å². The Morgan fingerprint density at radius 2 is 1.68 bits per heavy atom. The van der Waals surface area contributed by atoms with E-state index >= 15 is 0 Å². The number of hydrogen-bond donors (Lipinski definition) is 0. The molecule has 0 spiro atoms. The van der Waals surface area contributed by atoms with E-state index in [0.717, 1.165) is 28.4 Å². The summed E-state index contributed by atoms with van der Waals surface area (Å²) in [6.07, 6.45) is 0. The van der Waals surface area contributed by atoms with Crippen molar-refractivity contribution in [2.24, 2.45) is 0 Å². The Kier molecular flexibility index (Phi) is 4.99. The summed E-state index contributed by atoms with van der Waals surface area (Å²) in [5, 5.41) is 8.72. The predicted octanol–water partition coefficient (Wildman–Crippen LogP) is 2.69. The topological polar surface area (TPSA) is 84.9 Å². The molecule has 3 aromatic rings. The minimum atomic E-state index is -3.49. The number of benzene rings is 2. The summed E-state index contributed by atoms with van der Waals surface area (Å²) < 4.78 is 38.2. The lowest BCUT2D eigenvalue weighted by Gasteiger charge is -2.34. The number of ether oxygens (including phenoxy) is 2. The molecule has 2 aliphatic heterocycles. The van der Waals surface area contributed by atoms with Crippen molar-refractivity contribution in [3.63, 3.8) is 0 Å². The molecule has 1 aromatic heterocycles. The van der Waals surface area contributed by atoms with Gasteiger partial charge in [-0.1, -0.05) is 12.1 Å². The van der Waals surface area contributed by atoms with Crippen molar-refractivity contribution in [2.45, 2.75) is 11.8 Å². The fraction of sp³-hybridized carbons (Fsp3) is 0.273. The van der Waals surface area contributed by atoms with Crippen LogP contribution in [0.3, 0.4) is 0 Å². The average Bonchev–Trinajstić information content (AvgIpc) is 3.27. The van der Waals surface area contributed by atoms with Crippen molar-refractivity contribution in [1.82, 2.24) is 14.5 Å². The lowest BCUT2D eigenvalue weighted by Crippen LogP contribution is -2.49. The normalized spacial score (nSPS) is 16.5. The quantitative estimate of drug-likeness (QED) is 0.619. The van der Waals surface area contributed by atoms with E-state index in [4.69, 9.17) is 9.47 Å². The predicted molar refractivity (Wildman–Crippen MR) is 116 cm³/mol. The molecule has 1 fully saturated rings. The Morgan fingerprint density at radius 1 is 0.871 bits per heavy atom. The van der Waals surface area contributed by atoms with Crippen molar-refractivity contribution >= 4 is 15.8 Å². The van der Waals surface area contributed by atoms with Crippen LogP contribution in [-0.4, -0.2) is 55.9 Å². The van der Waals surface area contributed by atoms with Crippen LogP contribution >= 0.6 is 0 Å². The third-order valence-electron chi connectivity index (χ3n) is 5.51. The van der Waals surface area contributed by atoms with Gasteiger partial charge in [-0.15, -0.1) is 10.2 Å². The Labute approximate surface area is 181 Å². The van der Waals surface area contributed by atoms with Crippen molar-refractivity contribution < 1.29 is 17.9 Å². The summed E-state index contributed by atoms with van der Waals surface area (Å²) in [6.45, 7) is 4.05. The van der Waals surface area contributed by atoms with Gasteiger partial charge in [0.15, 0.2) is 17.3 Å². The van der Waals surface area contributed by atoms with Gasteiger partial charge in [0.25, 0.3) is 0 Å². The molecule has 3 heterocycles. The number of aryl methyl sites for hydroxylation is 1. The maximum Gasteiger partial charge on any atom is 0.243 e. The second kappa shape index (κ2) is 7.82. The standard InChI is InChI=1S/C22H22N4O4S/c1-16-3-2-4-18(13-16)31(27,28)26-11-9-25(10-12-26)22-8-6-19(23-24-22)17-5-7-20-21(14-17)30-15-29-20/h2-8,13-14H,9-12,15H2,1H3. The molecule has 160 valence electrons. The third kappa shape index (κ3) is 3.82. The summed E-state index contributed by atoms with van der Waals surface area (Å²) in [7, 11) is -3.49. The molecular weight excluding hydrogens is 416 g/mol. The van der Waals surface area contributed by atoms with Crippen LogP contribution in [0.4, 0.5) is 5.82 Å². The molecule has 0 amide bonds. The first-order chi connectivity index (χ1) is 15.0. The van der Waals surface area contributed by atoms with Crippen LogP contribution in [0.25, 0.3) is 11.3 Å². The van der Waals surface area contributed by atoms with Gasteiger partial charge >= 0.3 is 0 Å². The van der Waals surface area contributed by atoms with E-state index in [2.05, 4.69) is 15.1 Å². The van der Waals surface area contributed by atoms with Gasteiger partial charge in [-0.3, -0.25) is 0 Å². The van der Waals surface area contributed by atoms with E-state index in [1.807, 2.05) is 43.3 Å². The summed E-state index contributed by atoms with van der Waals surface area (Å²) >= 11 is 0. The van der Waals surface area contributed by atoms with Crippen LogP contribution in [0.15, 0.2) is 59.5 Å². The van der Waals surface area contributed by atoms with Gasteiger partial charge in [-0.25, -0.2) is 8.42 Å². The number of fused-ring (bicyclic) bond motifs is 1. The van der Waals surface area contributed by atoms with Gasteiger partial charge in [0, 0.05) is 31.7 Å². The maximum absolute atomic E-state index is 12.9. The zero-order valence-electron chi connectivity index (χ0n) is 17.1. The minimum absolute atomic E-state index is 0.231. The zero-order valence-corrected chi connectivity index (χ0v) is 17.9. The SMILES string of the molecule is Cc1cccc(S(=O)(=O)N2CCN(c3ccc(-c4ccc5c(c4)OCO5)nn3)CC2)c1. The first-order valence-corrected chi connectivity index (χ1v) is 11.5. The summed E-state index contributed by atoms with van der Waals surface area (Å²) in [5.74, 6) is 2.17. The van der Waals surface area contributed by atoms with Crippen molar-refractivity contribution in [3.8, 4) is 22.8 Å². The molecule has 0 atom stereocenters. The van der Waals surface area contributed by atoms with Crippen LogP contribution in [-0.2, 0) is 10.0 Å². The largest absolute Gasteiger partial charge is 0.454 e. The smallest absolute Gasteiger partial charge is 0.243 e. The molecule has 0 aliphatic carbocycles. The maximum atomic E-state index is 12.9. The number of nitrogens with zero attached hydrogens (tertiary/aromatic N) is 4. The van der Waals surface area contributed by atoms with Crippen molar-refractivity contribution in [2.75, 3.05) is 37.9 Å². The Bertz CT molecular complexity index is 1210. The number of sulfonamides is 1. The van der Waals surface area contributed by atoms with E-state index in [0.29, 0.717) is 36.8 Å². The molecule has 2 aromatic carbocycles. The van der Waals surface area contributed by atoms with Crippen LogP contribution in [0.5, 0.6) is 11.5 Å². The van der Waals surface area contributed by atoms with Crippen LogP contribution in [0.1, 0.15) is 5.56 Å². The number of hydrogen-bond acceptors (Lipinski definition) is 7. The molecule has 31 heavy (non-hydrogen) atoms. The molecular formula is C22H22N4O4S. The van der Waals surface area contributed by atoms with E-state index < -0.39 is 10.0 Å². The fourth-order valence-corrected chi connectivity index (χ4v) is 5.31. The highest BCUT2D eigenvalue weighted by atomic mass is 32.2. The van der Waals surface area contributed by atoms with Gasteiger partial charge in [0.1, 0.15) is 0 Å². The molecule has 1 saturated heterocycles. The number of rotatable bonds is 4. The van der Waals surface area contributed by atoms with E-state index in [-0.39, 0.29) is 6.79 Å². The molecule has 0 radical (unpaired) electrons. The van der Waals surface area contributed by atoms with Crippen molar-refractivity contribution in [1.29, 1.82) is 0 Å². The monoisotopic (exact) mass is 438 g/mol. The van der Waals surface area contributed by atoms with Crippen LogP contribution in [0, 0.1) is 6.92 Å². The summed E-state index contributed by atoms with van der Waals surface area (Å²) in [4.78, 5) is 2.40. The third-order valence-corrected chi connectivity index (χ3v) is 7.40. The summed E-state index contributed by atoms with van der Waals surface area (Å²) in [5.41, 5.74) is 2.57. The highest BCUT2D eigenvalue weighted by Gasteiger charge is 2.29. The van der Waals surface area contributed by atoms with Gasteiger partial charge < -0.3 is 14.4 Å². The lowest BCUT2D eigenvalue weighted by atomic mass is 10.1. The van der Waals surface area contributed by atoms with Crippen LogP contribution < -0.4 is 14.4 Å². The Hall–Kier alpha value is -3.17. The second-order valence-corrected chi connectivity index (χ2v) is 9.49. The molecule has 0 unspecified atom stereocenters. The van der Waals surface area contributed by atoms with E-state index in [9.17, 15) is 8.42 Å². The Balaban J connectivity index is 1.27. The van der Waals surface area contributed by atoms with E-state index in [1.165, 1.54) is 4.31 Å². The number of piperazine rings is 1. The lowest BCUT2D eigenvalue weighted by molar-refractivity contribution is 0.174. The van der Waals surface area contributed by atoms with Gasteiger partial charge in [0.05, 0.1) is 10.6 Å². The zero-order chi connectivity index (χ0) is 21.4. The molecule has 0 bridgehead atoms. The Morgan fingerprint density at radius 3 is 2.42 bits per heavy atom. The fourth-order valence-electron chi connectivity index (χ4n) is 3.79. The highest BCUT2D eigenvalue weighted by Crippen LogP contribution is 2.35. The van der Waals surface area contributed by atoms with Crippen LogP contribution in [0.2, 0.25) is 0 Å². The van der Waals surface area contributed by atoms with E-state index in [1.54, 1.807) is 18.2 Å². The highest BCUT2D eigenvalue weighted by molar-refractivity contribution is 7.89. The molecule has 9 heteroatoms. The summed E-state index contributed by atoms with van der Waals surface area (Å²) in [6, 6.07) is 16.5. The average molecular weight is 439 g/mol. The molecule has 8 nitrogen and oxygen atoms in total. The van der Waals surface area contributed by atoms with Gasteiger partial charge in [-0.05, 0) is 55.0 Å². The van der Waals surface area contributed by atoms with Crippen molar-refractivity contribution in [3.05, 3.63) is 60.2 Å². The second-order valence-electron chi connectivity index (χ2n) is 7.55. The first-order valence-electron chi connectivity index (χ1n) is 10.1. The number of anilines is 1. The van der Waals surface area contributed by atoms with Gasteiger partial charge in [-0.2, -0.15) is 4.31 Å². The molecule has 0 saturated carbocycles. The first kappa shape index (κ1) is 19.8. The molecule has 2 aliphatic rings. The number of aromatic nitrogens is 2.